The molecule has 0 saturated carbocycles. The van der Waals surface area contributed by atoms with Gasteiger partial charge in [0.15, 0.2) is 0 Å². The normalized spacial score (nSPS) is 6.82. The summed E-state index contributed by atoms with van der Waals surface area (Å²) in [5, 5.41) is 0. The molecule has 0 saturated heterocycles. The standard InChI is InChI=1S/C9H8.C2H6/c1-2-6-9-7-4-3-5-8-9;1-2/h3-5,7-8H,1H3;1-2H3. The van der Waals surface area contributed by atoms with Crippen molar-refractivity contribution in [2.24, 2.45) is 0 Å². The van der Waals surface area contributed by atoms with Crippen LogP contribution in [-0.4, -0.2) is 0 Å². The van der Waals surface area contributed by atoms with Crippen LogP contribution in [-0.2, 0) is 0 Å². The first-order valence-electron chi connectivity index (χ1n) is 3.91. The van der Waals surface area contributed by atoms with E-state index in [0.717, 1.165) is 5.56 Å². The van der Waals surface area contributed by atoms with Crippen LogP contribution in [0, 0.1) is 11.8 Å². The Morgan fingerprint density at radius 1 is 1.00 bits per heavy atom. The van der Waals surface area contributed by atoms with E-state index in [9.17, 15) is 0 Å². The van der Waals surface area contributed by atoms with E-state index < -0.39 is 0 Å². The van der Waals surface area contributed by atoms with Crippen molar-refractivity contribution in [3.63, 3.8) is 0 Å². The summed E-state index contributed by atoms with van der Waals surface area (Å²) in [6.07, 6.45) is 0. The molecule has 0 bridgehead atoms. The van der Waals surface area contributed by atoms with Crippen LogP contribution < -0.4 is 0 Å². The third-order valence-corrected chi connectivity index (χ3v) is 1.04. The van der Waals surface area contributed by atoms with Crippen LogP contribution in [0.25, 0.3) is 0 Å². The van der Waals surface area contributed by atoms with Crippen LogP contribution >= 0.6 is 0 Å². The van der Waals surface area contributed by atoms with Crippen LogP contribution in [0.3, 0.4) is 0 Å². The molecule has 0 N–H and O–H groups in total. The lowest BCUT2D eigenvalue weighted by Gasteiger charge is -1.83. The van der Waals surface area contributed by atoms with Crippen molar-refractivity contribution in [2.45, 2.75) is 20.8 Å². The molecule has 0 aliphatic rings. The molecule has 0 aromatic heterocycles. The number of hydrogen-bond donors (Lipinski definition) is 0. The van der Waals surface area contributed by atoms with Crippen molar-refractivity contribution in [3.05, 3.63) is 35.9 Å². The third kappa shape index (κ3) is 4.22. The molecular formula is C11H14. The maximum atomic E-state index is 2.96. The van der Waals surface area contributed by atoms with Gasteiger partial charge in [-0.15, -0.1) is 5.92 Å². The molecule has 0 radical (unpaired) electrons. The Hall–Kier alpha value is -1.22. The summed E-state index contributed by atoms with van der Waals surface area (Å²) in [5.41, 5.74) is 1.08. The predicted molar refractivity (Wildman–Crippen MR) is 50.3 cm³/mol. The van der Waals surface area contributed by atoms with Gasteiger partial charge in [0.1, 0.15) is 0 Å². The highest BCUT2D eigenvalue weighted by molar-refractivity contribution is 5.32. The first-order chi connectivity index (χ1) is 5.43. The second-order valence-corrected chi connectivity index (χ2v) is 1.74. The zero-order valence-corrected chi connectivity index (χ0v) is 7.39. The van der Waals surface area contributed by atoms with Gasteiger partial charge < -0.3 is 0 Å². The van der Waals surface area contributed by atoms with Gasteiger partial charge in [-0.2, -0.15) is 0 Å². The Kier molecular flexibility index (Phi) is 6.13. The Bertz CT molecular complexity index is 223. The highest BCUT2D eigenvalue weighted by Crippen LogP contribution is 1.93. The molecule has 58 valence electrons. The van der Waals surface area contributed by atoms with E-state index in [4.69, 9.17) is 0 Å². The first kappa shape index (κ1) is 9.78. The van der Waals surface area contributed by atoms with Gasteiger partial charge in [-0.1, -0.05) is 38.0 Å². The minimum Gasteiger partial charge on any atom is -0.101 e. The van der Waals surface area contributed by atoms with Crippen LogP contribution in [0.5, 0.6) is 0 Å². The van der Waals surface area contributed by atoms with Crippen molar-refractivity contribution >= 4 is 0 Å². The fourth-order valence-corrected chi connectivity index (χ4v) is 0.666. The zero-order chi connectivity index (χ0) is 8.53. The maximum Gasteiger partial charge on any atom is 0.0245 e. The topological polar surface area (TPSA) is 0 Å². The molecule has 11 heavy (non-hydrogen) atoms. The summed E-state index contributed by atoms with van der Waals surface area (Å²) in [6.45, 7) is 5.84. The fourth-order valence-electron chi connectivity index (χ4n) is 0.666. The van der Waals surface area contributed by atoms with Gasteiger partial charge in [0.2, 0.25) is 0 Å². The number of hydrogen-bond acceptors (Lipinski definition) is 0. The van der Waals surface area contributed by atoms with Gasteiger partial charge in [0.05, 0.1) is 0 Å². The van der Waals surface area contributed by atoms with Crippen LogP contribution in [0.15, 0.2) is 30.3 Å². The van der Waals surface area contributed by atoms with E-state index in [1.807, 2.05) is 51.1 Å². The van der Waals surface area contributed by atoms with Crippen molar-refractivity contribution in [3.8, 4) is 11.8 Å². The minimum absolute atomic E-state index is 1.08. The molecule has 0 spiro atoms. The Morgan fingerprint density at radius 3 is 2.00 bits per heavy atom. The van der Waals surface area contributed by atoms with Gasteiger partial charge >= 0.3 is 0 Å². The van der Waals surface area contributed by atoms with E-state index in [2.05, 4.69) is 11.8 Å². The van der Waals surface area contributed by atoms with E-state index in [1.54, 1.807) is 0 Å². The largest absolute Gasteiger partial charge is 0.101 e. The molecular weight excluding hydrogens is 132 g/mol. The summed E-state index contributed by atoms with van der Waals surface area (Å²) < 4.78 is 0. The zero-order valence-electron chi connectivity index (χ0n) is 7.39. The second kappa shape index (κ2) is 6.89. The van der Waals surface area contributed by atoms with Crippen LogP contribution in [0.1, 0.15) is 26.3 Å². The summed E-state index contributed by atoms with van der Waals surface area (Å²) in [7, 11) is 0. The van der Waals surface area contributed by atoms with Crippen molar-refractivity contribution in [1.29, 1.82) is 0 Å². The van der Waals surface area contributed by atoms with E-state index in [0.29, 0.717) is 0 Å². The van der Waals surface area contributed by atoms with Crippen molar-refractivity contribution in [1.82, 2.24) is 0 Å². The Labute approximate surface area is 69.3 Å². The van der Waals surface area contributed by atoms with Crippen LogP contribution in [0.4, 0.5) is 0 Å². The third-order valence-electron chi connectivity index (χ3n) is 1.04. The van der Waals surface area contributed by atoms with E-state index in [-0.39, 0.29) is 0 Å². The van der Waals surface area contributed by atoms with Gasteiger partial charge in [0.25, 0.3) is 0 Å². The van der Waals surface area contributed by atoms with Gasteiger partial charge in [-0.3, -0.25) is 0 Å². The lowest BCUT2D eigenvalue weighted by atomic mass is 10.2. The lowest BCUT2D eigenvalue weighted by Crippen LogP contribution is -1.67. The highest BCUT2D eigenvalue weighted by atomic mass is 13.8. The average molecular weight is 146 g/mol. The molecule has 0 unspecified atom stereocenters. The quantitative estimate of drug-likeness (QED) is 0.493. The molecule has 0 fully saturated rings. The summed E-state index contributed by atoms with van der Waals surface area (Å²) in [5.74, 6) is 5.79. The Balaban J connectivity index is 0.000000461. The highest BCUT2D eigenvalue weighted by Gasteiger charge is 1.77. The molecule has 0 aliphatic heterocycles. The predicted octanol–water partition coefficient (Wildman–Crippen LogP) is 3.08. The number of rotatable bonds is 0. The van der Waals surface area contributed by atoms with Crippen molar-refractivity contribution < 1.29 is 0 Å². The molecule has 0 heteroatoms. The van der Waals surface area contributed by atoms with Gasteiger partial charge in [-0.25, -0.2) is 0 Å². The first-order valence-corrected chi connectivity index (χ1v) is 3.91. The van der Waals surface area contributed by atoms with Crippen molar-refractivity contribution in [2.75, 3.05) is 0 Å². The van der Waals surface area contributed by atoms with Gasteiger partial charge in [-0.05, 0) is 19.1 Å². The SMILES string of the molecule is CC.CC#Cc1ccccc1. The molecule has 1 rings (SSSR count). The molecule has 0 heterocycles. The van der Waals surface area contributed by atoms with E-state index >= 15 is 0 Å². The van der Waals surface area contributed by atoms with Crippen LogP contribution in [0.2, 0.25) is 0 Å². The minimum atomic E-state index is 1.08. The molecule has 0 aliphatic carbocycles. The number of benzene rings is 1. The molecule has 0 nitrogen and oxygen atoms in total. The maximum absolute atomic E-state index is 2.96. The van der Waals surface area contributed by atoms with E-state index in [1.165, 1.54) is 0 Å². The molecule has 1 aromatic carbocycles. The lowest BCUT2D eigenvalue weighted by molar-refractivity contribution is 1.50. The summed E-state index contributed by atoms with van der Waals surface area (Å²) in [6, 6.07) is 9.95. The molecule has 0 atom stereocenters. The molecule has 1 aromatic rings. The smallest absolute Gasteiger partial charge is 0.0245 e. The monoisotopic (exact) mass is 146 g/mol. The Morgan fingerprint density at radius 2 is 1.55 bits per heavy atom. The fraction of sp³-hybridized carbons (Fsp3) is 0.273. The summed E-state index contributed by atoms with van der Waals surface area (Å²) >= 11 is 0. The van der Waals surface area contributed by atoms with Gasteiger partial charge in [0, 0.05) is 5.56 Å². The average Bonchev–Trinajstić information content (AvgIpc) is 2.11. The second-order valence-electron chi connectivity index (χ2n) is 1.74. The summed E-state index contributed by atoms with van der Waals surface area (Å²) in [4.78, 5) is 0. The molecule has 0 amide bonds.